The molecule has 5 heteroatoms. The van der Waals surface area contributed by atoms with Gasteiger partial charge < -0.3 is 10.6 Å². The maximum atomic E-state index is 11.7. The molecule has 22 heavy (non-hydrogen) atoms. The molecule has 0 heterocycles. The molecule has 3 nitrogen and oxygen atoms in total. The summed E-state index contributed by atoms with van der Waals surface area (Å²) < 4.78 is 0. The number of thioether (sulfide) groups is 1. The molecule has 0 atom stereocenters. The van der Waals surface area contributed by atoms with Gasteiger partial charge in [0.1, 0.15) is 0 Å². The fourth-order valence-corrected chi connectivity index (χ4v) is 2.87. The van der Waals surface area contributed by atoms with Crippen LogP contribution in [-0.4, -0.2) is 18.3 Å². The van der Waals surface area contributed by atoms with Crippen LogP contribution in [0.3, 0.4) is 0 Å². The molecule has 116 valence electrons. The van der Waals surface area contributed by atoms with E-state index >= 15 is 0 Å². The van der Waals surface area contributed by atoms with Gasteiger partial charge in [0.15, 0.2) is 0 Å². The Morgan fingerprint density at radius 2 is 1.95 bits per heavy atom. The number of carbonyl (C=O) groups excluding carboxylic acids is 1. The molecule has 0 saturated heterocycles. The van der Waals surface area contributed by atoms with Gasteiger partial charge in [0.25, 0.3) is 0 Å². The molecule has 0 aromatic heterocycles. The van der Waals surface area contributed by atoms with Gasteiger partial charge in [-0.05, 0) is 36.8 Å². The highest BCUT2D eigenvalue weighted by molar-refractivity contribution is 7.98. The second-order valence-corrected chi connectivity index (χ2v) is 6.47. The molecule has 0 aliphatic rings. The fraction of sp³-hybridized carbons (Fsp3) is 0.235. The number of rotatable bonds is 6. The summed E-state index contributed by atoms with van der Waals surface area (Å²) >= 11 is 7.60. The van der Waals surface area contributed by atoms with Crippen LogP contribution in [0.4, 0.5) is 10.5 Å². The Kier molecular flexibility index (Phi) is 6.62. The quantitative estimate of drug-likeness (QED) is 0.751. The van der Waals surface area contributed by atoms with Crippen molar-refractivity contribution < 1.29 is 4.79 Å². The highest BCUT2D eigenvalue weighted by Gasteiger charge is 2.01. The first-order valence-electron chi connectivity index (χ1n) is 7.07. The van der Waals surface area contributed by atoms with E-state index in [0.717, 1.165) is 17.2 Å². The third kappa shape index (κ3) is 6.00. The van der Waals surface area contributed by atoms with Crippen molar-refractivity contribution in [3.8, 4) is 0 Å². The van der Waals surface area contributed by atoms with Crippen molar-refractivity contribution in [2.24, 2.45) is 0 Å². The number of amides is 2. The molecule has 2 rings (SSSR count). The van der Waals surface area contributed by atoms with Gasteiger partial charge in [-0.1, -0.05) is 41.4 Å². The maximum Gasteiger partial charge on any atom is 0.319 e. The summed E-state index contributed by atoms with van der Waals surface area (Å²) in [6.45, 7) is 2.73. The third-order valence-corrected chi connectivity index (χ3v) is 4.27. The van der Waals surface area contributed by atoms with Gasteiger partial charge in [-0.25, -0.2) is 4.79 Å². The molecule has 0 saturated carbocycles. The smallest absolute Gasteiger partial charge is 0.319 e. The van der Waals surface area contributed by atoms with Crippen LogP contribution in [0.25, 0.3) is 0 Å². The zero-order valence-corrected chi connectivity index (χ0v) is 14.0. The number of hydrogen-bond donors (Lipinski definition) is 2. The highest BCUT2D eigenvalue weighted by atomic mass is 35.5. The van der Waals surface area contributed by atoms with Crippen molar-refractivity contribution in [2.45, 2.75) is 12.7 Å². The first kappa shape index (κ1) is 16.7. The van der Waals surface area contributed by atoms with E-state index in [-0.39, 0.29) is 6.03 Å². The van der Waals surface area contributed by atoms with Gasteiger partial charge in [-0.15, -0.1) is 0 Å². The van der Waals surface area contributed by atoms with Crippen molar-refractivity contribution >= 4 is 35.1 Å². The third-order valence-electron chi connectivity index (χ3n) is 2.99. The summed E-state index contributed by atoms with van der Waals surface area (Å²) in [6.07, 6.45) is 0. The Morgan fingerprint density at radius 1 is 1.18 bits per heavy atom. The van der Waals surface area contributed by atoms with E-state index < -0.39 is 0 Å². The first-order chi connectivity index (χ1) is 10.6. The van der Waals surface area contributed by atoms with E-state index in [4.69, 9.17) is 11.6 Å². The molecule has 0 bridgehead atoms. The summed E-state index contributed by atoms with van der Waals surface area (Å²) in [6, 6.07) is 15.3. The number of benzene rings is 2. The van der Waals surface area contributed by atoms with Gasteiger partial charge in [0.2, 0.25) is 0 Å². The van der Waals surface area contributed by atoms with Crippen LogP contribution in [-0.2, 0) is 5.75 Å². The molecule has 2 aromatic carbocycles. The van der Waals surface area contributed by atoms with Gasteiger partial charge in [-0.2, -0.15) is 11.8 Å². The molecular weight excluding hydrogens is 316 g/mol. The van der Waals surface area contributed by atoms with E-state index in [1.807, 2.05) is 0 Å². The zero-order valence-electron chi connectivity index (χ0n) is 12.4. The molecule has 2 aromatic rings. The lowest BCUT2D eigenvalue weighted by molar-refractivity contribution is 0.252. The normalized spacial score (nSPS) is 10.3. The monoisotopic (exact) mass is 334 g/mol. The Labute approximate surface area is 140 Å². The second-order valence-electron chi connectivity index (χ2n) is 4.93. The number of carbonyl (C=O) groups is 1. The minimum absolute atomic E-state index is 0.196. The summed E-state index contributed by atoms with van der Waals surface area (Å²) in [5.41, 5.74) is 3.32. The van der Waals surface area contributed by atoms with Crippen LogP contribution >= 0.6 is 23.4 Å². The molecule has 2 amide bonds. The second kappa shape index (κ2) is 8.71. The van der Waals surface area contributed by atoms with Crippen molar-refractivity contribution in [1.82, 2.24) is 5.32 Å². The van der Waals surface area contributed by atoms with Crippen LogP contribution in [0.2, 0.25) is 5.02 Å². The van der Waals surface area contributed by atoms with E-state index in [0.29, 0.717) is 11.6 Å². The molecule has 0 radical (unpaired) electrons. The Bertz CT molecular complexity index is 616. The molecule has 2 N–H and O–H groups in total. The van der Waals surface area contributed by atoms with Crippen molar-refractivity contribution in [2.75, 3.05) is 17.6 Å². The standard InChI is InChI=1S/C17H19ClN2OS/c1-13-3-2-4-14(11-13)12-22-10-9-19-17(21)20-16-7-5-15(18)6-8-16/h2-8,11H,9-10,12H2,1H3,(H2,19,20,21). The maximum absolute atomic E-state index is 11.7. The van der Waals surface area contributed by atoms with E-state index in [1.54, 1.807) is 36.0 Å². The number of urea groups is 1. The van der Waals surface area contributed by atoms with Crippen LogP contribution in [0, 0.1) is 6.92 Å². The lowest BCUT2D eigenvalue weighted by atomic mass is 10.2. The average Bonchev–Trinajstić information content (AvgIpc) is 2.49. The summed E-state index contributed by atoms with van der Waals surface area (Å²) in [5.74, 6) is 1.84. The Balaban J connectivity index is 1.62. The van der Waals surface area contributed by atoms with Gasteiger partial charge in [0, 0.05) is 28.8 Å². The highest BCUT2D eigenvalue weighted by Crippen LogP contribution is 2.14. The first-order valence-corrected chi connectivity index (χ1v) is 8.60. The molecule has 0 aliphatic carbocycles. The summed E-state index contributed by atoms with van der Waals surface area (Å²) in [4.78, 5) is 11.7. The lowest BCUT2D eigenvalue weighted by Crippen LogP contribution is -2.30. The van der Waals surface area contributed by atoms with Crippen molar-refractivity contribution in [1.29, 1.82) is 0 Å². The summed E-state index contributed by atoms with van der Waals surface area (Å²) in [7, 11) is 0. The predicted molar refractivity (Wildman–Crippen MR) is 95.8 cm³/mol. The number of aryl methyl sites for hydroxylation is 1. The van der Waals surface area contributed by atoms with Crippen LogP contribution in [0.1, 0.15) is 11.1 Å². The molecule has 0 aliphatic heterocycles. The van der Waals surface area contributed by atoms with Gasteiger partial charge in [0.05, 0.1) is 0 Å². The minimum atomic E-state index is -0.196. The van der Waals surface area contributed by atoms with Crippen molar-refractivity contribution in [3.05, 3.63) is 64.7 Å². The van der Waals surface area contributed by atoms with Crippen LogP contribution in [0.15, 0.2) is 48.5 Å². The molecule has 0 fully saturated rings. The lowest BCUT2D eigenvalue weighted by Gasteiger charge is -2.08. The van der Waals surface area contributed by atoms with E-state index in [2.05, 4.69) is 41.8 Å². The van der Waals surface area contributed by atoms with Crippen LogP contribution in [0.5, 0.6) is 0 Å². The largest absolute Gasteiger partial charge is 0.337 e. The van der Waals surface area contributed by atoms with Crippen LogP contribution < -0.4 is 10.6 Å². The summed E-state index contributed by atoms with van der Waals surface area (Å²) in [5, 5.41) is 6.26. The van der Waals surface area contributed by atoms with Gasteiger partial charge >= 0.3 is 6.03 Å². The zero-order chi connectivity index (χ0) is 15.8. The molecular formula is C17H19ClN2OS. The number of halogens is 1. The van der Waals surface area contributed by atoms with Crippen molar-refractivity contribution in [3.63, 3.8) is 0 Å². The number of nitrogens with one attached hydrogen (secondary N) is 2. The minimum Gasteiger partial charge on any atom is -0.337 e. The SMILES string of the molecule is Cc1cccc(CSCCNC(=O)Nc2ccc(Cl)cc2)c1. The van der Waals surface area contributed by atoms with Gasteiger partial charge in [-0.3, -0.25) is 0 Å². The van der Waals surface area contributed by atoms with E-state index in [9.17, 15) is 4.79 Å². The number of hydrogen-bond acceptors (Lipinski definition) is 2. The topological polar surface area (TPSA) is 41.1 Å². The average molecular weight is 335 g/mol. The Morgan fingerprint density at radius 3 is 2.68 bits per heavy atom. The molecule has 0 spiro atoms. The fourth-order valence-electron chi connectivity index (χ4n) is 1.94. The predicted octanol–water partition coefficient (Wildman–Crippen LogP) is 4.70. The number of anilines is 1. The molecule has 0 unspecified atom stereocenters. The van der Waals surface area contributed by atoms with E-state index in [1.165, 1.54) is 11.1 Å². The Hall–Kier alpha value is -1.65.